The summed E-state index contributed by atoms with van der Waals surface area (Å²) < 4.78 is 65.0. The molecule has 1 aliphatic carbocycles. The van der Waals surface area contributed by atoms with E-state index in [1.807, 2.05) is 0 Å². The molecule has 0 unspecified atom stereocenters. The van der Waals surface area contributed by atoms with Crippen LogP contribution in [0, 0.1) is 17.6 Å². The fourth-order valence-electron chi connectivity index (χ4n) is 4.02. The van der Waals surface area contributed by atoms with Crippen molar-refractivity contribution in [3.63, 3.8) is 0 Å². The lowest BCUT2D eigenvalue weighted by Gasteiger charge is -2.20. The van der Waals surface area contributed by atoms with Gasteiger partial charge >= 0.3 is 6.18 Å². The molecule has 1 N–H and O–H groups in total. The van der Waals surface area contributed by atoms with Gasteiger partial charge in [-0.05, 0) is 48.4 Å². The molecule has 0 radical (unpaired) electrons. The number of hydrogen-bond acceptors (Lipinski definition) is 3. The number of carbonyl (C=O) groups is 1. The van der Waals surface area contributed by atoms with Gasteiger partial charge in [-0.15, -0.1) is 0 Å². The topological polar surface area (TPSA) is 45.2 Å². The number of nitrogens with zero attached hydrogens (tertiary/aromatic N) is 2. The highest BCUT2D eigenvalue weighted by atomic mass is 19.4. The molecular formula is C21H20F5N3O. The summed E-state index contributed by atoms with van der Waals surface area (Å²) >= 11 is 0. The number of hydrogen-bond donors (Lipinski definition) is 1. The fraction of sp³-hybridized carbons (Fsp3) is 0.429. The predicted octanol–water partition coefficient (Wildman–Crippen LogP) is 4.27. The van der Waals surface area contributed by atoms with Crippen LogP contribution in [0.4, 0.5) is 27.6 Å². The summed E-state index contributed by atoms with van der Waals surface area (Å²) in [5, 5.41) is 2.93. The van der Waals surface area contributed by atoms with E-state index in [1.54, 1.807) is 11.0 Å². The Bertz CT molecular complexity index is 948. The van der Waals surface area contributed by atoms with Crippen LogP contribution >= 0.6 is 0 Å². The Balaban J connectivity index is 1.28. The van der Waals surface area contributed by atoms with Gasteiger partial charge in [-0.25, -0.2) is 8.78 Å². The van der Waals surface area contributed by atoms with Gasteiger partial charge in [0.15, 0.2) is 11.6 Å². The minimum Gasteiger partial charge on any atom is -0.368 e. The van der Waals surface area contributed by atoms with E-state index in [4.69, 9.17) is 0 Å². The molecule has 1 amide bonds. The van der Waals surface area contributed by atoms with Crippen LogP contribution in [-0.4, -0.2) is 30.0 Å². The Labute approximate surface area is 170 Å². The van der Waals surface area contributed by atoms with Gasteiger partial charge in [0.05, 0.1) is 17.4 Å². The van der Waals surface area contributed by atoms with E-state index in [0.29, 0.717) is 30.8 Å². The Morgan fingerprint density at radius 1 is 1.17 bits per heavy atom. The molecule has 9 heteroatoms. The number of amides is 1. The monoisotopic (exact) mass is 425 g/mol. The van der Waals surface area contributed by atoms with Gasteiger partial charge in [0, 0.05) is 31.7 Å². The lowest BCUT2D eigenvalue weighted by atomic mass is 10.1. The van der Waals surface area contributed by atoms with E-state index in [1.165, 1.54) is 12.3 Å². The first-order chi connectivity index (χ1) is 14.2. The fourth-order valence-corrected chi connectivity index (χ4v) is 4.02. The first-order valence-electron chi connectivity index (χ1n) is 9.72. The molecule has 2 aliphatic rings. The van der Waals surface area contributed by atoms with E-state index in [9.17, 15) is 26.7 Å². The van der Waals surface area contributed by atoms with Gasteiger partial charge in [-0.2, -0.15) is 13.2 Å². The molecule has 2 fully saturated rings. The van der Waals surface area contributed by atoms with Crippen molar-refractivity contribution in [3.05, 3.63) is 59.4 Å². The molecule has 1 saturated carbocycles. The van der Waals surface area contributed by atoms with Gasteiger partial charge < -0.3 is 10.2 Å². The highest BCUT2D eigenvalue weighted by molar-refractivity contribution is 5.77. The van der Waals surface area contributed by atoms with Crippen molar-refractivity contribution >= 4 is 11.6 Å². The zero-order valence-electron chi connectivity index (χ0n) is 15.9. The Hall–Kier alpha value is -2.71. The smallest absolute Gasteiger partial charge is 0.368 e. The molecule has 2 heterocycles. The molecule has 1 saturated heterocycles. The van der Waals surface area contributed by atoms with Gasteiger partial charge in [-0.3, -0.25) is 9.78 Å². The summed E-state index contributed by atoms with van der Waals surface area (Å²) in [4.78, 5) is 17.8. The third kappa shape index (κ3) is 4.55. The lowest BCUT2D eigenvalue weighted by Crippen LogP contribution is -2.37. The van der Waals surface area contributed by atoms with Crippen molar-refractivity contribution in [1.29, 1.82) is 0 Å². The molecule has 4 rings (SSSR count). The van der Waals surface area contributed by atoms with E-state index in [-0.39, 0.29) is 30.2 Å². The second-order valence-electron chi connectivity index (χ2n) is 7.91. The zero-order valence-corrected chi connectivity index (χ0v) is 15.9. The third-order valence-corrected chi connectivity index (χ3v) is 5.71. The number of benzene rings is 1. The molecular weight excluding hydrogens is 405 g/mol. The van der Waals surface area contributed by atoms with Crippen molar-refractivity contribution < 1.29 is 26.7 Å². The average Bonchev–Trinajstić information content (AvgIpc) is 3.29. The molecule has 2 aromatic rings. The minimum absolute atomic E-state index is 0.0436. The molecule has 1 aromatic carbocycles. The second kappa shape index (κ2) is 7.85. The maximum Gasteiger partial charge on any atom is 0.417 e. The van der Waals surface area contributed by atoms with Gasteiger partial charge in [0.2, 0.25) is 5.91 Å². The summed E-state index contributed by atoms with van der Waals surface area (Å²) in [5.74, 6) is -1.80. The maximum atomic E-state index is 13.4. The van der Waals surface area contributed by atoms with Gasteiger partial charge in [0.1, 0.15) is 0 Å². The van der Waals surface area contributed by atoms with Crippen LogP contribution in [0.15, 0.2) is 36.7 Å². The number of anilines is 1. The first kappa shape index (κ1) is 20.6. The van der Waals surface area contributed by atoms with Crippen molar-refractivity contribution in [3.8, 4) is 0 Å². The minimum atomic E-state index is -4.45. The van der Waals surface area contributed by atoms with Crippen LogP contribution < -0.4 is 10.2 Å². The molecule has 1 aromatic heterocycles. The predicted molar refractivity (Wildman–Crippen MR) is 99.8 cm³/mol. The van der Waals surface area contributed by atoms with Crippen LogP contribution in [0.5, 0.6) is 0 Å². The number of rotatable bonds is 5. The van der Waals surface area contributed by atoms with Gasteiger partial charge in [0.25, 0.3) is 0 Å². The SMILES string of the molecule is O=C(C[C@@H]1C[C@@H]1c1ccc(F)c(F)c1)N[C@@H]1CCN(c2cncc(C(F)(F)F)c2)C1. The molecule has 1 aliphatic heterocycles. The van der Waals surface area contributed by atoms with Crippen LogP contribution in [0.2, 0.25) is 0 Å². The highest BCUT2D eigenvalue weighted by Crippen LogP contribution is 2.49. The van der Waals surface area contributed by atoms with Gasteiger partial charge in [-0.1, -0.05) is 6.07 Å². The standard InChI is InChI=1S/C21H20F5N3O/c22-18-2-1-12(6-19(18)23)17-5-13(17)7-20(30)28-15-3-4-29(11-15)16-8-14(9-27-10-16)21(24,25)26/h1-2,6,8-10,13,15,17H,3-5,7,11H2,(H,28,30)/t13-,15+,17+/m0/s1. The number of halogens is 5. The first-order valence-corrected chi connectivity index (χ1v) is 9.72. The van der Waals surface area contributed by atoms with Crippen molar-refractivity contribution in [2.45, 2.75) is 37.4 Å². The lowest BCUT2D eigenvalue weighted by molar-refractivity contribution is -0.137. The molecule has 30 heavy (non-hydrogen) atoms. The number of nitrogens with one attached hydrogen (secondary N) is 1. The van der Waals surface area contributed by atoms with E-state index in [0.717, 1.165) is 24.8 Å². The molecule has 0 bridgehead atoms. The van der Waals surface area contributed by atoms with Crippen molar-refractivity contribution in [1.82, 2.24) is 10.3 Å². The summed E-state index contributed by atoms with van der Waals surface area (Å²) in [5.41, 5.74) is 0.266. The zero-order chi connectivity index (χ0) is 21.5. The van der Waals surface area contributed by atoms with Crippen LogP contribution in [0.1, 0.15) is 36.3 Å². The van der Waals surface area contributed by atoms with Crippen molar-refractivity contribution in [2.75, 3.05) is 18.0 Å². The van der Waals surface area contributed by atoms with E-state index >= 15 is 0 Å². The number of pyridine rings is 1. The Morgan fingerprint density at radius 3 is 2.70 bits per heavy atom. The van der Waals surface area contributed by atoms with Crippen LogP contribution in [-0.2, 0) is 11.0 Å². The maximum absolute atomic E-state index is 13.4. The van der Waals surface area contributed by atoms with Crippen molar-refractivity contribution in [2.24, 2.45) is 5.92 Å². The summed E-state index contributed by atoms with van der Waals surface area (Å²) in [6.07, 6.45) is -0.631. The Morgan fingerprint density at radius 2 is 1.97 bits per heavy atom. The number of aromatic nitrogens is 1. The number of alkyl halides is 3. The number of carbonyl (C=O) groups excluding carboxylic acids is 1. The Kier molecular flexibility index (Phi) is 5.38. The largest absolute Gasteiger partial charge is 0.417 e. The molecule has 4 nitrogen and oxygen atoms in total. The molecule has 0 spiro atoms. The average molecular weight is 425 g/mol. The quantitative estimate of drug-likeness (QED) is 0.728. The molecule has 160 valence electrons. The second-order valence-corrected chi connectivity index (χ2v) is 7.91. The molecule has 3 atom stereocenters. The summed E-state index contributed by atoms with van der Waals surface area (Å²) in [6, 6.07) is 4.71. The normalized spacial score (nSPS) is 23.5. The summed E-state index contributed by atoms with van der Waals surface area (Å²) in [6.45, 7) is 0.931. The van der Waals surface area contributed by atoms with E-state index < -0.39 is 23.4 Å². The third-order valence-electron chi connectivity index (χ3n) is 5.71. The van der Waals surface area contributed by atoms with Crippen LogP contribution in [0.3, 0.4) is 0 Å². The highest BCUT2D eigenvalue weighted by Gasteiger charge is 2.40. The van der Waals surface area contributed by atoms with E-state index in [2.05, 4.69) is 10.3 Å². The summed E-state index contributed by atoms with van der Waals surface area (Å²) in [7, 11) is 0. The van der Waals surface area contributed by atoms with Crippen LogP contribution in [0.25, 0.3) is 0 Å².